The standard InChI is InChI=1S/C134H84N6/c1-6-32-85(33-7-1)87-60-62-89(63-61-87)90-68-71-98(72-69-90)136-122-54-24-17-47-102(122)110-78-106-108-80-112-104-73-70-94(76-128(104)140(100-45-30-36-92(74-100)91-66-64-88(65-67-91)86-34-8-2-9-35-86)132(112)84-120(108)134(118(106)82-130(110)136)115-51-21-28-58-126(115)138(97-42-14-5-15-43-97)127-59-29-22-52-116(127)134)93-37-31-44-99(75-93)139-123-55-25-18-48-103(123)111-79-107-105-77-109-101-46-16-23-53-121(101)135(95-38-10-3-11-39-95)129(109)81-117(105)133(119(107)83-131(111)139)113-49-19-26-56-124(113)137(96-40-12-4-13-41-96)125-57-27-20-50-114(125)133/h1-84H. The Morgan fingerprint density at radius 1 is 0.121 bits per heavy atom. The number of rotatable bonds is 11. The Morgan fingerprint density at radius 2 is 0.350 bits per heavy atom. The maximum atomic E-state index is 2.62. The summed E-state index contributed by atoms with van der Waals surface area (Å²) < 4.78 is 10.2. The van der Waals surface area contributed by atoms with Crippen molar-refractivity contribution in [3.63, 3.8) is 0 Å². The number of nitrogens with zero attached hydrogens (tertiary/aromatic N) is 6. The quantitative estimate of drug-likeness (QED) is 0.129. The highest BCUT2D eigenvalue weighted by atomic mass is 15.2. The van der Waals surface area contributed by atoms with Crippen LogP contribution < -0.4 is 9.80 Å². The van der Waals surface area contributed by atoms with Crippen molar-refractivity contribution in [2.45, 2.75) is 10.8 Å². The molecule has 4 aromatic heterocycles. The molecule has 6 heterocycles. The van der Waals surface area contributed by atoms with E-state index < -0.39 is 10.8 Å². The first-order valence-electron chi connectivity index (χ1n) is 48.6. The lowest BCUT2D eigenvalue weighted by atomic mass is 9.64. The Bertz CT molecular complexity index is 9570. The fraction of sp³-hybridized carbons (Fsp3) is 0.0149. The highest BCUT2D eigenvalue weighted by molar-refractivity contribution is 6.19. The van der Waals surface area contributed by atoms with Gasteiger partial charge in [0.25, 0.3) is 0 Å². The van der Waals surface area contributed by atoms with E-state index in [1.54, 1.807) is 0 Å². The molecular weight excluding hydrogens is 1690 g/mol. The highest BCUT2D eigenvalue weighted by Gasteiger charge is 2.55. The Kier molecular flexibility index (Phi) is 16.8. The van der Waals surface area contributed by atoms with E-state index in [0.29, 0.717) is 0 Å². The minimum Gasteiger partial charge on any atom is -0.310 e. The van der Waals surface area contributed by atoms with Crippen molar-refractivity contribution in [2.24, 2.45) is 0 Å². The van der Waals surface area contributed by atoms with Gasteiger partial charge in [0.2, 0.25) is 0 Å². The Hall–Kier alpha value is -18.4. The molecule has 4 aliphatic rings. The summed E-state index contributed by atoms with van der Waals surface area (Å²) in [6.45, 7) is 0. The molecule has 0 radical (unpaired) electrons. The number of para-hydroxylation sites is 10. The summed E-state index contributed by atoms with van der Waals surface area (Å²) in [7, 11) is 0. The van der Waals surface area contributed by atoms with Gasteiger partial charge >= 0.3 is 0 Å². The summed E-state index contributed by atoms with van der Waals surface area (Å²) in [5.74, 6) is 0. The van der Waals surface area contributed by atoms with Crippen LogP contribution in [0.15, 0.2) is 510 Å². The summed E-state index contributed by atoms with van der Waals surface area (Å²) in [4.78, 5) is 5.00. The normalized spacial score (nSPS) is 13.4. The van der Waals surface area contributed by atoms with Gasteiger partial charge in [-0.1, -0.05) is 340 Å². The molecule has 0 saturated carbocycles. The maximum absolute atomic E-state index is 2.62. The van der Waals surface area contributed by atoms with Crippen LogP contribution in [0.2, 0.25) is 0 Å². The average molecular weight is 1780 g/mol. The van der Waals surface area contributed by atoms with Gasteiger partial charge in [0.05, 0.1) is 77.7 Å². The van der Waals surface area contributed by atoms with Crippen molar-refractivity contribution < 1.29 is 0 Å². The van der Waals surface area contributed by atoms with E-state index in [-0.39, 0.29) is 0 Å². The van der Waals surface area contributed by atoms with Crippen LogP contribution >= 0.6 is 0 Å². The monoisotopic (exact) mass is 1780 g/mol. The van der Waals surface area contributed by atoms with Gasteiger partial charge in [-0.05, 0) is 292 Å². The number of hydrogen-bond acceptors (Lipinski definition) is 2. The predicted molar refractivity (Wildman–Crippen MR) is 582 cm³/mol. The van der Waals surface area contributed by atoms with E-state index in [2.05, 4.69) is 538 Å². The molecule has 22 aromatic carbocycles. The topological polar surface area (TPSA) is 26.2 Å². The first kappa shape index (κ1) is 78.0. The average Bonchev–Trinajstić information content (AvgIpc) is 1.51. The molecule has 0 unspecified atom stereocenters. The van der Waals surface area contributed by atoms with E-state index in [9.17, 15) is 0 Å². The van der Waals surface area contributed by atoms with E-state index in [0.717, 1.165) is 112 Å². The zero-order valence-corrected chi connectivity index (χ0v) is 76.2. The van der Waals surface area contributed by atoms with E-state index in [4.69, 9.17) is 0 Å². The lowest BCUT2D eigenvalue weighted by Gasteiger charge is -2.45. The summed E-state index contributed by atoms with van der Waals surface area (Å²) in [6.07, 6.45) is 0. The van der Waals surface area contributed by atoms with Crippen LogP contribution in [-0.2, 0) is 10.8 Å². The second-order valence-corrected chi connectivity index (χ2v) is 38.1. The molecule has 2 aliphatic carbocycles. The molecular formula is C134H84N6. The fourth-order valence-corrected chi connectivity index (χ4v) is 25.2. The van der Waals surface area contributed by atoms with Gasteiger partial charge in [-0.15, -0.1) is 0 Å². The third kappa shape index (κ3) is 11.1. The molecule has 6 nitrogen and oxygen atoms in total. The number of benzene rings is 22. The molecule has 2 spiro atoms. The molecule has 0 saturated heterocycles. The molecule has 650 valence electrons. The lowest BCUT2D eigenvalue weighted by molar-refractivity contribution is 0.754. The SMILES string of the molecule is c1ccc(-c2ccc(-c3ccc(-n4c5ccccc5c5cc6c(cc54)C4(c5cc7c(cc5-6)c5ccc(-c6cccc(-n8c9ccccc9c9cc%10c(cc98)C8(c9cc%11c(cc9-%10)c9ccccc9n%11-c9ccccc9)c9ccccc9N(c9ccccc9)c9ccccc98)c6)cc5n7-c5cccc(-c6ccc(-c7ccccc7)cc6)c5)c5ccccc5N(c5ccccc5)c5ccccc54)cc3)cc2)cc1. The fourth-order valence-electron chi connectivity index (χ4n) is 25.2. The highest BCUT2D eigenvalue weighted by Crippen LogP contribution is 2.68. The second kappa shape index (κ2) is 30.1. The molecule has 6 heteroatoms. The minimum absolute atomic E-state index is 0.784. The van der Waals surface area contributed by atoms with E-state index in [1.165, 1.54) is 154 Å². The molecule has 0 atom stereocenters. The van der Waals surface area contributed by atoms with Crippen LogP contribution in [0.25, 0.3) is 188 Å². The van der Waals surface area contributed by atoms with Crippen molar-refractivity contribution >= 4 is 121 Å². The predicted octanol–water partition coefficient (Wildman–Crippen LogP) is 34.7. The van der Waals surface area contributed by atoms with Gasteiger partial charge in [-0.2, -0.15) is 0 Å². The van der Waals surface area contributed by atoms with Crippen LogP contribution in [0.3, 0.4) is 0 Å². The zero-order chi connectivity index (χ0) is 91.6. The lowest BCUT2D eigenvalue weighted by Crippen LogP contribution is -2.36. The van der Waals surface area contributed by atoms with Crippen LogP contribution in [0.1, 0.15) is 44.5 Å². The van der Waals surface area contributed by atoms with Crippen molar-refractivity contribution in [3.8, 4) is 101 Å². The summed E-state index contributed by atoms with van der Waals surface area (Å²) in [5.41, 5.74) is 45.3. The third-order valence-electron chi connectivity index (χ3n) is 31.1. The summed E-state index contributed by atoms with van der Waals surface area (Å²) in [5, 5.41) is 9.61. The molecule has 2 aliphatic heterocycles. The number of hydrogen-bond donors (Lipinski definition) is 0. The van der Waals surface area contributed by atoms with Crippen LogP contribution in [0.4, 0.5) is 34.1 Å². The smallest absolute Gasteiger partial charge is 0.0755 e. The largest absolute Gasteiger partial charge is 0.310 e. The zero-order valence-electron chi connectivity index (χ0n) is 76.2. The minimum atomic E-state index is -0.846. The maximum Gasteiger partial charge on any atom is 0.0755 e. The molecule has 0 fully saturated rings. The van der Waals surface area contributed by atoms with E-state index in [1.807, 2.05) is 0 Å². The molecule has 0 N–H and O–H groups in total. The first-order chi connectivity index (χ1) is 69.4. The second-order valence-electron chi connectivity index (χ2n) is 38.1. The first-order valence-corrected chi connectivity index (χ1v) is 48.6. The van der Waals surface area contributed by atoms with Crippen molar-refractivity contribution in [3.05, 3.63) is 554 Å². The number of aromatic nitrogens is 4. The van der Waals surface area contributed by atoms with E-state index >= 15 is 0 Å². The molecule has 30 rings (SSSR count). The Balaban J connectivity index is 0.638. The van der Waals surface area contributed by atoms with Gasteiger partial charge in [0.1, 0.15) is 0 Å². The molecule has 26 aromatic rings. The molecule has 0 bridgehead atoms. The Morgan fingerprint density at radius 3 is 0.714 bits per heavy atom. The molecule has 140 heavy (non-hydrogen) atoms. The molecule has 0 amide bonds. The van der Waals surface area contributed by atoms with Gasteiger partial charge in [0.15, 0.2) is 0 Å². The van der Waals surface area contributed by atoms with Crippen LogP contribution in [0.5, 0.6) is 0 Å². The summed E-state index contributed by atoms with van der Waals surface area (Å²) >= 11 is 0. The summed E-state index contributed by atoms with van der Waals surface area (Å²) in [6, 6.07) is 192. The third-order valence-corrected chi connectivity index (χ3v) is 31.1. The van der Waals surface area contributed by atoms with Crippen molar-refractivity contribution in [2.75, 3.05) is 9.80 Å². The van der Waals surface area contributed by atoms with Crippen LogP contribution in [0, 0.1) is 0 Å². The van der Waals surface area contributed by atoms with Crippen LogP contribution in [-0.4, -0.2) is 18.3 Å². The number of fused-ring (bicyclic) bond motifs is 30. The van der Waals surface area contributed by atoms with Gasteiger partial charge in [-0.3, -0.25) is 0 Å². The number of anilines is 6. The van der Waals surface area contributed by atoms with Gasteiger partial charge < -0.3 is 28.1 Å². The Labute approximate surface area is 809 Å². The van der Waals surface area contributed by atoms with Crippen molar-refractivity contribution in [1.82, 2.24) is 18.3 Å². The van der Waals surface area contributed by atoms with Gasteiger partial charge in [0, 0.05) is 77.2 Å². The van der Waals surface area contributed by atoms with Crippen molar-refractivity contribution in [1.29, 1.82) is 0 Å². The van der Waals surface area contributed by atoms with Gasteiger partial charge in [-0.25, -0.2) is 0 Å².